The zero-order valence-corrected chi connectivity index (χ0v) is 14.6. The third-order valence-corrected chi connectivity index (χ3v) is 3.02. The molecule has 0 aliphatic heterocycles. The van der Waals surface area contributed by atoms with Crippen LogP contribution in [0.5, 0.6) is 5.88 Å². The molecule has 2 N–H and O–H groups in total. The fraction of sp³-hybridized carbons (Fsp3) is 0.158. The van der Waals surface area contributed by atoms with Gasteiger partial charge in [0.25, 0.3) is 5.91 Å². The summed E-state index contributed by atoms with van der Waals surface area (Å²) in [5, 5.41) is 6.80. The van der Waals surface area contributed by atoms with Crippen LogP contribution in [0.15, 0.2) is 60.2 Å². The first-order valence-corrected chi connectivity index (χ1v) is 8.04. The number of carbonyl (C=O) groups excluding carboxylic acids is 1. The first-order valence-electron chi connectivity index (χ1n) is 8.04. The van der Waals surface area contributed by atoms with Gasteiger partial charge in [0.05, 0.1) is 0 Å². The van der Waals surface area contributed by atoms with E-state index in [1.165, 1.54) is 6.21 Å². The molecule has 0 saturated carbocycles. The Labute approximate surface area is 152 Å². The van der Waals surface area contributed by atoms with E-state index in [-0.39, 0.29) is 12.5 Å². The van der Waals surface area contributed by atoms with Crippen LogP contribution in [0.2, 0.25) is 0 Å². The quantitative estimate of drug-likeness (QED) is 0.412. The number of nitrogens with one attached hydrogen (secondary N) is 2. The zero-order valence-electron chi connectivity index (χ0n) is 14.6. The molecule has 0 spiro atoms. The second-order valence-corrected chi connectivity index (χ2v) is 5.21. The van der Waals surface area contributed by atoms with E-state index in [1.807, 2.05) is 43.3 Å². The van der Waals surface area contributed by atoms with E-state index in [2.05, 4.69) is 32.4 Å². The van der Waals surface area contributed by atoms with Gasteiger partial charge in [-0.2, -0.15) is 10.1 Å². The number of ether oxygens (including phenoxy) is 1. The third kappa shape index (κ3) is 6.96. The van der Waals surface area contributed by atoms with Gasteiger partial charge in [0.1, 0.15) is 0 Å². The van der Waals surface area contributed by atoms with Crippen LogP contribution >= 0.6 is 0 Å². The fourth-order valence-electron chi connectivity index (χ4n) is 1.90. The van der Waals surface area contributed by atoms with Gasteiger partial charge < -0.3 is 10.1 Å². The number of allylic oxidation sites excluding steroid dienone is 1. The normalized spacial score (nSPS) is 10.8. The van der Waals surface area contributed by atoms with Gasteiger partial charge in [-0.05, 0) is 18.6 Å². The Morgan fingerprint density at radius 3 is 2.88 bits per heavy atom. The van der Waals surface area contributed by atoms with Crippen LogP contribution < -0.4 is 15.5 Å². The van der Waals surface area contributed by atoms with E-state index >= 15 is 0 Å². The molecule has 134 valence electrons. The molecule has 1 heterocycles. The highest BCUT2D eigenvalue weighted by Gasteiger charge is 2.05. The molecule has 7 heteroatoms. The average Bonchev–Trinajstić information content (AvgIpc) is 2.65. The summed E-state index contributed by atoms with van der Waals surface area (Å²) in [5.74, 6) is 0.350. The SMILES string of the molecule is C=CCNc1nc(C)cc(OCC(=O)NN=CC=Cc2ccccc2)n1. The van der Waals surface area contributed by atoms with Crippen molar-refractivity contribution in [3.05, 3.63) is 66.4 Å². The van der Waals surface area contributed by atoms with E-state index in [0.717, 1.165) is 11.3 Å². The predicted octanol–water partition coefficient (Wildman–Crippen LogP) is 2.58. The Hall–Kier alpha value is -3.48. The maximum absolute atomic E-state index is 11.7. The number of aromatic nitrogens is 2. The molecule has 0 fully saturated rings. The van der Waals surface area contributed by atoms with E-state index < -0.39 is 0 Å². The third-order valence-electron chi connectivity index (χ3n) is 3.02. The highest BCUT2D eigenvalue weighted by Crippen LogP contribution is 2.11. The monoisotopic (exact) mass is 351 g/mol. The van der Waals surface area contributed by atoms with Gasteiger partial charge in [-0.25, -0.2) is 10.4 Å². The number of benzene rings is 1. The van der Waals surface area contributed by atoms with E-state index in [1.54, 1.807) is 18.2 Å². The summed E-state index contributed by atoms with van der Waals surface area (Å²) in [6.45, 7) is 5.77. The van der Waals surface area contributed by atoms with Crippen LogP contribution in [0.3, 0.4) is 0 Å². The van der Waals surface area contributed by atoms with E-state index in [9.17, 15) is 4.79 Å². The molecule has 1 aromatic carbocycles. The molecule has 0 atom stereocenters. The molecule has 0 aliphatic carbocycles. The van der Waals surface area contributed by atoms with Crippen molar-refractivity contribution in [3.8, 4) is 5.88 Å². The minimum Gasteiger partial charge on any atom is -0.467 e. The Morgan fingerprint density at radius 2 is 2.12 bits per heavy atom. The van der Waals surface area contributed by atoms with Crippen LogP contribution in [0, 0.1) is 6.92 Å². The number of carbonyl (C=O) groups is 1. The summed E-state index contributed by atoms with van der Waals surface area (Å²) >= 11 is 0. The molecule has 0 aliphatic rings. The number of anilines is 1. The Morgan fingerprint density at radius 1 is 1.31 bits per heavy atom. The average molecular weight is 351 g/mol. The van der Waals surface area contributed by atoms with Crippen molar-refractivity contribution >= 4 is 24.1 Å². The van der Waals surface area contributed by atoms with Crippen molar-refractivity contribution < 1.29 is 9.53 Å². The van der Waals surface area contributed by atoms with E-state index in [4.69, 9.17) is 4.74 Å². The Balaban J connectivity index is 1.77. The lowest BCUT2D eigenvalue weighted by atomic mass is 10.2. The summed E-state index contributed by atoms with van der Waals surface area (Å²) in [7, 11) is 0. The Kier molecular flexibility index (Phi) is 7.54. The number of rotatable bonds is 9. The zero-order chi connectivity index (χ0) is 18.6. The van der Waals surface area contributed by atoms with Crippen LogP contribution in [-0.2, 0) is 4.79 Å². The van der Waals surface area contributed by atoms with Gasteiger partial charge >= 0.3 is 0 Å². The van der Waals surface area contributed by atoms with Crippen LogP contribution in [-0.4, -0.2) is 35.2 Å². The van der Waals surface area contributed by atoms with Gasteiger partial charge in [0, 0.05) is 24.5 Å². The van der Waals surface area contributed by atoms with Crippen LogP contribution in [0.1, 0.15) is 11.3 Å². The molecular weight excluding hydrogens is 330 g/mol. The minimum absolute atomic E-state index is 0.197. The minimum atomic E-state index is -0.383. The van der Waals surface area contributed by atoms with Gasteiger partial charge in [0.15, 0.2) is 6.61 Å². The molecule has 1 aromatic heterocycles. The summed E-state index contributed by atoms with van der Waals surface area (Å²) in [5.41, 5.74) is 4.16. The van der Waals surface area contributed by atoms with Crippen molar-refractivity contribution in [2.45, 2.75) is 6.92 Å². The lowest BCUT2D eigenvalue weighted by molar-refractivity contribution is -0.123. The number of hydrogen-bond acceptors (Lipinski definition) is 6. The standard InChI is InChI=1S/C19H21N5O2/c1-3-11-20-19-22-15(2)13-18(23-19)26-14-17(25)24-21-12-7-10-16-8-5-4-6-9-16/h3-10,12-13H,1,11,14H2,2H3,(H,24,25)(H,20,22,23). The summed E-state index contributed by atoms with van der Waals surface area (Å²) in [4.78, 5) is 20.1. The van der Waals surface area contributed by atoms with Crippen molar-refractivity contribution in [1.29, 1.82) is 0 Å². The highest BCUT2D eigenvalue weighted by atomic mass is 16.5. The maximum Gasteiger partial charge on any atom is 0.278 e. The van der Waals surface area contributed by atoms with Gasteiger partial charge in [-0.1, -0.05) is 42.5 Å². The van der Waals surface area contributed by atoms with Gasteiger partial charge in [-0.3, -0.25) is 4.79 Å². The predicted molar refractivity (Wildman–Crippen MR) is 103 cm³/mol. The summed E-state index contributed by atoms with van der Waals surface area (Å²) < 4.78 is 5.37. The Bertz CT molecular complexity index is 788. The molecule has 26 heavy (non-hydrogen) atoms. The number of amides is 1. The second kappa shape index (κ2) is 10.4. The second-order valence-electron chi connectivity index (χ2n) is 5.21. The van der Waals surface area contributed by atoms with Crippen molar-refractivity contribution in [3.63, 3.8) is 0 Å². The molecule has 7 nitrogen and oxygen atoms in total. The molecule has 2 rings (SSSR count). The maximum atomic E-state index is 11.7. The highest BCUT2D eigenvalue weighted by molar-refractivity contribution is 5.81. The van der Waals surface area contributed by atoms with Crippen molar-refractivity contribution in [1.82, 2.24) is 15.4 Å². The lowest BCUT2D eigenvalue weighted by Gasteiger charge is -2.07. The molecule has 2 aromatic rings. The first-order chi connectivity index (χ1) is 12.7. The fourth-order valence-corrected chi connectivity index (χ4v) is 1.90. The number of hydrazone groups is 1. The first kappa shape index (κ1) is 18.9. The lowest BCUT2D eigenvalue weighted by Crippen LogP contribution is -2.24. The number of aryl methyl sites for hydroxylation is 1. The van der Waals surface area contributed by atoms with Crippen LogP contribution in [0.4, 0.5) is 5.95 Å². The van der Waals surface area contributed by atoms with Crippen LogP contribution in [0.25, 0.3) is 6.08 Å². The summed E-state index contributed by atoms with van der Waals surface area (Å²) in [6.07, 6.45) is 6.82. The number of nitrogens with zero attached hydrogens (tertiary/aromatic N) is 3. The summed E-state index contributed by atoms with van der Waals surface area (Å²) in [6, 6.07) is 11.4. The molecule has 0 bridgehead atoms. The van der Waals surface area contributed by atoms with Crippen molar-refractivity contribution in [2.24, 2.45) is 5.10 Å². The molecular formula is C19H21N5O2. The molecule has 0 unspecified atom stereocenters. The van der Waals surface area contributed by atoms with E-state index in [0.29, 0.717) is 18.4 Å². The smallest absolute Gasteiger partial charge is 0.278 e. The molecule has 0 saturated heterocycles. The molecule has 0 radical (unpaired) electrons. The van der Waals surface area contributed by atoms with Gasteiger partial charge in [-0.15, -0.1) is 6.58 Å². The topological polar surface area (TPSA) is 88.5 Å². The largest absolute Gasteiger partial charge is 0.467 e. The van der Waals surface area contributed by atoms with Gasteiger partial charge in [0.2, 0.25) is 11.8 Å². The van der Waals surface area contributed by atoms with Crippen molar-refractivity contribution in [2.75, 3.05) is 18.5 Å². The number of hydrogen-bond donors (Lipinski definition) is 2. The molecule has 1 amide bonds.